The van der Waals surface area contributed by atoms with Gasteiger partial charge in [-0.05, 0) is 55.8 Å². The first kappa shape index (κ1) is 20.5. The van der Waals surface area contributed by atoms with Gasteiger partial charge < -0.3 is 9.80 Å². The Morgan fingerprint density at radius 3 is 2.21 bits per heavy atom. The molecule has 2 saturated heterocycles. The number of hydrogen-bond acceptors (Lipinski definition) is 3. The number of piperazine rings is 1. The average molecular weight is 432 g/mol. The van der Waals surface area contributed by atoms with Gasteiger partial charge in [0.15, 0.2) is 0 Å². The maximum absolute atomic E-state index is 13.0. The van der Waals surface area contributed by atoms with Crippen molar-refractivity contribution in [3.63, 3.8) is 0 Å². The highest BCUT2D eigenvalue weighted by Gasteiger charge is 2.30. The van der Waals surface area contributed by atoms with Crippen LogP contribution in [0.2, 0.25) is 10.0 Å². The number of carbonyl (C=O) groups is 1. The molecule has 154 valence electrons. The molecule has 2 fully saturated rings. The number of nitrogens with zero attached hydrogens (tertiary/aromatic N) is 3. The molecule has 0 aromatic heterocycles. The first-order chi connectivity index (χ1) is 14.1. The van der Waals surface area contributed by atoms with E-state index in [-0.39, 0.29) is 5.92 Å². The molecular weight excluding hydrogens is 405 g/mol. The molecule has 2 aromatic rings. The molecule has 0 atom stereocenters. The van der Waals surface area contributed by atoms with Gasteiger partial charge in [0, 0.05) is 44.3 Å². The lowest BCUT2D eigenvalue weighted by Gasteiger charge is -2.39. The average Bonchev–Trinajstić information content (AvgIpc) is 2.77. The van der Waals surface area contributed by atoms with Crippen molar-refractivity contribution in [2.45, 2.75) is 19.4 Å². The molecule has 0 aliphatic carbocycles. The molecule has 6 heteroatoms. The van der Waals surface area contributed by atoms with Gasteiger partial charge in [-0.2, -0.15) is 0 Å². The van der Waals surface area contributed by atoms with E-state index in [1.165, 1.54) is 11.3 Å². The Labute approximate surface area is 183 Å². The predicted octanol–water partition coefficient (Wildman–Crippen LogP) is 4.55. The molecule has 0 saturated carbocycles. The monoisotopic (exact) mass is 431 g/mol. The summed E-state index contributed by atoms with van der Waals surface area (Å²) in [5, 5.41) is 1.19. The Bertz CT molecular complexity index is 829. The molecule has 4 nitrogen and oxygen atoms in total. The Morgan fingerprint density at radius 1 is 0.862 bits per heavy atom. The Kier molecular flexibility index (Phi) is 6.63. The van der Waals surface area contributed by atoms with Gasteiger partial charge >= 0.3 is 0 Å². The topological polar surface area (TPSA) is 26.8 Å². The minimum Gasteiger partial charge on any atom is -0.368 e. The normalized spacial score (nSPS) is 18.8. The van der Waals surface area contributed by atoms with E-state index >= 15 is 0 Å². The van der Waals surface area contributed by atoms with Crippen LogP contribution in [-0.2, 0) is 11.3 Å². The molecular formula is C23H27Cl2N3O. The number of hydrogen-bond donors (Lipinski definition) is 0. The lowest BCUT2D eigenvalue weighted by atomic mass is 9.94. The number of piperidine rings is 1. The van der Waals surface area contributed by atoms with Crippen LogP contribution in [0.15, 0.2) is 48.5 Å². The highest BCUT2D eigenvalue weighted by Crippen LogP contribution is 2.26. The van der Waals surface area contributed by atoms with Crippen LogP contribution in [-0.4, -0.2) is 55.0 Å². The molecule has 0 bridgehead atoms. The summed E-state index contributed by atoms with van der Waals surface area (Å²) in [7, 11) is 0. The third-order valence-electron chi connectivity index (χ3n) is 6.04. The van der Waals surface area contributed by atoms with E-state index in [9.17, 15) is 4.79 Å². The number of amides is 1. The van der Waals surface area contributed by atoms with Gasteiger partial charge in [-0.25, -0.2) is 0 Å². The van der Waals surface area contributed by atoms with Crippen LogP contribution in [0.1, 0.15) is 18.4 Å². The van der Waals surface area contributed by atoms with Crippen molar-refractivity contribution in [1.29, 1.82) is 0 Å². The fourth-order valence-corrected chi connectivity index (χ4v) is 4.64. The second kappa shape index (κ2) is 9.38. The fourth-order valence-electron chi connectivity index (χ4n) is 4.32. The van der Waals surface area contributed by atoms with E-state index in [2.05, 4.69) is 39.0 Å². The molecule has 4 rings (SSSR count). The van der Waals surface area contributed by atoms with E-state index in [1.54, 1.807) is 0 Å². The smallest absolute Gasteiger partial charge is 0.225 e. The lowest BCUT2D eigenvalue weighted by molar-refractivity contribution is -0.137. The number of benzene rings is 2. The highest BCUT2D eigenvalue weighted by molar-refractivity contribution is 6.42. The van der Waals surface area contributed by atoms with Crippen molar-refractivity contribution in [1.82, 2.24) is 9.80 Å². The van der Waals surface area contributed by atoms with Gasteiger partial charge in [0.2, 0.25) is 5.91 Å². The second-order valence-corrected chi connectivity index (χ2v) is 8.76. The van der Waals surface area contributed by atoms with Crippen LogP contribution in [0.4, 0.5) is 5.69 Å². The summed E-state index contributed by atoms with van der Waals surface area (Å²) in [6.07, 6.45) is 1.86. The molecule has 0 N–H and O–H groups in total. The van der Waals surface area contributed by atoms with Gasteiger partial charge in [0.25, 0.3) is 0 Å². The SMILES string of the molecule is O=C(C1CCN(Cc2ccc(Cl)c(Cl)c2)CC1)N1CCN(c2ccccc2)CC1. The van der Waals surface area contributed by atoms with Gasteiger partial charge in [0.05, 0.1) is 10.0 Å². The quantitative estimate of drug-likeness (QED) is 0.709. The minimum absolute atomic E-state index is 0.156. The summed E-state index contributed by atoms with van der Waals surface area (Å²) in [6, 6.07) is 16.3. The first-order valence-corrected chi connectivity index (χ1v) is 11.1. The van der Waals surface area contributed by atoms with Crippen molar-refractivity contribution in [3.05, 3.63) is 64.1 Å². The van der Waals surface area contributed by atoms with Crippen LogP contribution >= 0.6 is 23.2 Å². The van der Waals surface area contributed by atoms with E-state index in [1.807, 2.05) is 24.3 Å². The van der Waals surface area contributed by atoms with E-state index < -0.39 is 0 Å². The van der Waals surface area contributed by atoms with Crippen molar-refractivity contribution in [2.24, 2.45) is 5.92 Å². The van der Waals surface area contributed by atoms with Gasteiger partial charge in [-0.3, -0.25) is 9.69 Å². The third kappa shape index (κ3) is 5.06. The number of carbonyl (C=O) groups excluding carboxylic acids is 1. The van der Waals surface area contributed by atoms with Crippen molar-refractivity contribution < 1.29 is 4.79 Å². The summed E-state index contributed by atoms with van der Waals surface area (Å²) in [5.74, 6) is 0.496. The molecule has 2 heterocycles. The van der Waals surface area contributed by atoms with Crippen LogP contribution in [0.3, 0.4) is 0 Å². The number of rotatable bonds is 4. The largest absolute Gasteiger partial charge is 0.368 e. The maximum Gasteiger partial charge on any atom is 0.225 e. The molecule has 2 aliphatic heterocycles. The zero-order valence-electron chi connectivity index (χ0n) is 16.6. The summed E-state index contributed by atoms with van der Waals surface area (Å²) in [6.45, 7) is 6.20. The third-order valence-corrected chi connectivity index (χ3v) is 6.78. The van der Waals surface area contributed by atoms with Crippen LogP contribution in [0, 0.1) is 5.92 Å². The maximum atomic E-state index is 13.0. The molecule has 1 amide bonds. The fraction of sp³-hybridized carbons (Fsp3) is 0.435. The van der Waals surface area contributed by atoms with Gasteiger partial charge in [0.1, 0.15) is 0 Å². The molecule has 2 aliphatic rings. The summed E-state index contributed by atoms with van der Waals surface area (Å²) >= 11 is 12.1. The minimum atomic E-state index is 0.156. The van der Waals surface area contributed by atoms with Gasteiger partial charge in [-0.15, -0.1) is 0 Å². The van der Waals surface area contributed by atoms with Crippen LogP contribution in [0.5, 0.6) is 0 Å². The molecule has 29 heavy (non-hydrogen) atoms. The Hall–Kier alpha value is -1.75. The van der Waals surface area contributed by atoms with Crippen LogP contribution < -0.4 is 4.90 Å². The van der Waals surface area contributed by atoms with Crippen molar-refractivity contribution in [3.8, 4) is 0 Å². The molecule has 0 radical (unpaired) electrons. The van der Waals surface area contributed by atoms with Gasteiger partial charge in [-0.1, -0.05) is 47.5 Å². The van der Waals surface area contributed by atoms with E-state index in [0.717, 1.165) is 58.7 Å². The van der Waals surface area contributed by atoms with E-state index in [4.69, 9.17) is 23.2 Å². The zero-order valence-corrected chi connectivity index (χ0v) is 18.1. The Morgan fingerprint density at radius 2 is 1.55 bits per heavy atom. The van der Waals surface area contributed by atoms with Crippen molar-refractivity contribution >= 4 is 34.8 Å². The molecule has 2 aromatic carbocycles. The van der Waals surface area contributed by atoms with E-state index in [0.29, 0.717) is 16.0 Å². The highest BCUT2D eigenvalue weighted by atomic mass is 35.5. The number of likely N-dealkylation sites (tertiary alicyclic amines) is 1. The number of halogens is 2. The Balaban J connectivity index is 1.24. The van der Waals surface area contributed by atoms with Crippen molar-refractivity contribution in [2.75, 3.05) is 44.2 Å². The summed E-state index contributed by atoms with van der Waals surface area (Å²) in [4.78, 5) is 19.8. The number of anilines is 1. The predicted molar refractivity (Wildman–Crippen MR) is 120 cm³/mol. The molecule has 0 spiro atoms. The summed E-state index contributed by atoms with van der Waals surface area (Å²) in [5.41, 5.74) is 2.41. The standard InChI is InChI=1S/C23H27Cl2N3O/c24-21-7-6-18(16-22(21)25)17-26-10-8-19(9-11-26)23(29)28-14-12-27(13-15-28)20-4-2-1-3-5-20/h1-7,16,19H,8-15,17H2. The number of para-hydroxylation sites is 1. The lowest BCUT2D eigenvalue weighted by Crippen LogP contribution is -2.51. The molecule has 0 unspecified atom stereocenters. The summed E-state index contributed by atoms with van der Waals surface area (Å²) < 4.78 is 0. The van der Waals surface area contributed by atoms with Crippen LogP contribution in [0.25, 0.3) is 0 Å². The first-order valence-electron chi connectivity index (χ1n) is 10.4. The zero-order chi connectivity index (χ0) is 20.2. The second-order valence-electron chi connectivity index (χ2n) is 7.95.